The Morgan fingerprint density at radius 3 is 2.60 bits per heavy atom. The van der Waals surface area contributed by atoms with Crippen LogP contribution >= 0.6 is 23.2 Å². The van der Waals surface area contributed by atoms with Crippen LogP contribution in [0.3, 0.4) is 0 Å². The number of hydrogen-bond acceptors (Lipinski definition) is 4. The zero-order valence-corrected chi connectivity index (χ0v) is 15.7. The van der Waals surface area contributed by atoms with Crippen molar-refractivity contribution in [1.82, 2.24) is 14.9 Å². The summed E-state index contributed by atoms with van der Waals surface area (Å²) in [4.78, 5) is 23.3. The Kier molecular flexibility index (Phi) is 5.45. The van der Waals surface area contributed by atoms with E-state index in [1.807, 2.05) is 4.90 Å². The average molecular weight is 379 g/mol. The third kappa shape index (κ3) is 4.41. The summed E-state index contributed by atoms with van der Waals surface area (Å²) in [5.41, 5.74) is 1.07. The predicted octanol–water partition coefficient (Wildman–Crippen LogP) is 4.71. The minimum Gasteiger partial charge on any atom is -0.339 e. The molecular weight excluding hydrogens is 359 g/mol. The van der Waals surface area contributed by atoms with Crippen molar-refractivity contribution < 1.29 is 4.79 Å². The maximum absolute atomic E-state index is 12.7. The van der Waals surface area contributed by atoms with E-state index in [1.54, 1.807) is 31.2 Å². The van der Waals surface area contributed by atoms with Crippen LogP contribution in [-0.2, 0) is 0 Å². The lowest BCUT2D eigenvalue weighted by Crippen LogP contribution is -2.38. The van der Waals surface area contributed by atoms with Gasteiger partial charge in [0.05, 0.1) is 10.7 Å². The van der Waals surface area contributed by atoms with Crippen LogP contribution in [0.4, 0.5) is 11.5 Å². The SMILES string of the molecule is Cc1nc(Nc2ccc(Cl)cc2Cl)cc(C(=O)N2CCC(C)CC2)n1. The summed E-state index contributed by atoms with van der Waals surface area (Å²) in [7, 11) is 0. The highest BCUT2D eigenvalue weighted by atomic mass is 35.5. The number of hydrogen-bond donors (Lipinski definition) is 1. The minimum atomic E-state index is -0.0531. The first kappa shape index (κ1) is 18.0. The molecule has 1 aliphatic rings. The maximum atomic E-state index is 12.7. The van der Waals surface area contributed by atoms with Gasteiger partial charge in [0, 0.05) is 24.2 Å². The number of carbonyl (C=O) groups excluding carboxylic acids is 1. The van der Waals surface area contributed by atoms with E-state index in [9.17, 15) is 4.79 Å². The van der Waals surface area contributed by atoms with Crippen LogP contribution in [0.5, 0.6) is 0 Å². The zero-order chi connectivity index (χ0) is 18.0. The van der Waals surface area contributed by atoms with Gasteiger partial charge in [-0.15, -0.1) is 0 Å². The topological polar surface area (TPSA) is 58.1 Å². The number of halogens is 2. The molecule has 2 heterocycles. The molecule has 0 atom stereocenters. The summed E-state index contributed by atoms with van der Waals surface area (Å²) in [5, 5.41) is 4.18. The molecule has 1 saturated heterocycles. The lowest BCUT2D eigenvalue weighted by molar-refractivity contribution is 0.0691. The van der Waals surface area contributed by atoms with Crippen molar-refractivity contribution in [3.8, 4) is 0 Å². The first-order valence-electron chi connectivity index (χ1n) is 8.29. The number of likely N-dealkylation sites (tertiary alicyclic amines) is 1. The molecule has 0 radical (unpaired) electrons. The second-order valence-electron chi connectivity index (χ2n) is 6.41. The Morgan fingerprint density at radius 1 is 1.20 bits per heavy atom. The van der Waals surface area contributed by atoms with Gasteiger partial charge in [0.15, 0.2) is 0 Å². The molecule has 1 amide bonds. The summed E-state index contributed by atoms with van der Waals surface area (Å²) < 4.78 is 0. The normalized spacial score (nSPS) is 15.3. The predicted molar refractivity (Wildman–Crippen MR) is 101 cm³/mol. The Hall–Kier alpha value is -1.85. The van der Waals surface area contributed by atoms with E-state index in [0.29, 0.717) is 39.0 Å². The van der Waals surface area contributed by atoms with E-state index in [1.165, 1.54) is 0 Å². The number of rotatable bonds is 3. The van der Waals surface area contributed by atoms with Crippen LogP contribution in [0.1, 0.15) is 36.1 Å². The second kappa shape index (κ2) is 7.58. The standard InChI is InChI=1S/C18H20Cl2N4O/c1-11-5-7-24(8-6-11)18(25)16-10-17(22-12(2)21-16)23-15-4-3-13(19)9-14(15)20/h3-4,9-11H,5-8H2,1-2H3,(H,21,22,23). The van der Waals surface area contributed by atoms with Crippen molar-refractivity contribution in [2.24, 2.45) is 5.92 Å². The van der Waals surface area contributed by atoms with Crippen LogP contribution in [0.2, 0.25) is 10.0 Å². The monoisotopic (exact) mass is 378 g/mol. The lowest BCUT2D eigenvalue weighted by Gasteiger charge is -2.30. The van der Waals surface area contributed by atoms with Gasteiger partial charge in [0.25, 0.3) is 5.91 Å². The summed E-state index contributed by atoms with van der Waals surface area (Å²) in [5.74, 6) is 1.68. The van der Waals surface area contributed by atoms with Gasteiger partial charge in [-0.05, 0) is 43.9 Å². The van der Waals surface area contributed by atoms with Crippen molar-refractivity contribution in [2.75, 3.05) is 18.4 Å². The van der Waals surface area contributed by atoms with Crippen LogP contribution in [0, 0.1) is 12.8 Å². The fourth-order valence-corrected chi connectivity index (χ4v) is 3.30. The van der Waals surface area contributed by atoms with Crippen molar-refractivity contribution in [3.05, 3.63) is 45.8 Å². The third-order valence-electron chi connectivity index (χ3n) is 4.32. The molecule has 1 N–H and O–H groups in total. The second-order valence-corrected chi connectivity index (χ2v) is 7.25. The largest absolute Gasteiger partial charge is 0.339 e. The number of nitrogens with one attached hydrogen (secondary N) is 1. The van der Waals surface area contributed by atoms with Crippen LogP contribution in [-0.4, -0.2) is 33.9 Å². The average Bonchev–Trinajstić information content (AvgIpc) is 2.57. The molecule has 1 aromatic heterocycles. The van der Waals surface area contributed by atoms with Gasteiger partial charge in [-0.1, -0.05) is 30.1 Å². The first-order valence-corrected chi connectivity index (χ1v) is 9.05. The van der Waals surface area contributed by atoms with E-state index in [0.717, 1.165) is 25.9 Å². The highest BCUT2D eigenvalue weighted by Gasteiger charge is 2.23. The third-order valence-corrected chi connectivity index (χ3v) is 4.87. The molecule has 132 valence electrons. The summed E-state index contributed by atoms with van der Waals surface area (Å²) in [6.45, 7) is 5.53. The van der Waals surface area contributed by atoms with Gasteiger partial charge < -0.3 is 10.2 Å². The molecule has 0 spiro atoms. The highest BCUT2D eigenvalue weighted by molar-refractivity contribution is 6.36. The number of anilines is 2. The van der Waals surface area contributed by atoms with Gasteiger partial charge in [0.2, 0.25) is 0 Å². The van der Waals surface area contributed by atoms with E-state index in [-0.39, 0.29) is 5.91 Å². The molecule has 2 aromatic rings. The van der Waals surface area contributed by atoms with Crippen molar-refractivity contribution in [3.63, 3.8) is 0 Å². The van der Waals surface area contributed by atoms with E-state index in [2.05, 4.69) is 22.2 Å². The smallest absolute Gasteiger partial charge is 0.272 e. The fraction of sp³-hybridized carbons (Fsp3) is 0.389. The molecule has 0 bridgehead atoms. The molecule has 1 aliphatic heterocycles. The Morgan fingerprint density at radius 2 is 1.92 bits per heavy atom. The molecular formula is C18H20Cl2N4O. The van der Waals surface area contributed by atoms with Crippen molar-refractivity contribution in [1.29, 1.82) is 0 Å². The van der Waals surface area contributed by atoms with E-state index < -0.39 is 0 Å². The molecule has 5 nitrogen and oxygen atoms in total. The number of amides is 1. The summed E-state index contributed by atoms with van der Waals surface area (Å²) in [6, 6.07) is 6.83. The van der Waals surface area contributed by atoms with Crippen LogP contribution < -0.4 is 5.32 Å². The van der Waals surface area contributed by atoms with Crippen molar-refractivity contribution >= 4 is 40.6 Å². The number of piperidine rings is 1. The fourth-order valence-electron chi connectivity index (χ4n) is 2.84. The molecule has 1 fully saturated rings. The summed E-state index contributed by atoms with van der Waals surface area (Å²) in [6.07, 6.45) is 2.06. The number of benzene rings is 1. The van der Waals surface area contributed by atoms with Gasteiger partial charge in [-0.3, -0.25) is 4.79 Å². The Labute approximate surface area is 157 Å². The van der Waals surface area contributed by atoms with Crippen LogP contribution in [0.25, 0.3) is 0 Å². The molecule has 0 aliphatic carbocycles. The number of carbonyl (C=O) groups is 1. The van der Waals surface area contributed by atoms with Gasteiger partial charge in [-0.2, -0.15) is 0 Å². The van der Waals surface area contributed by atoms with Crippen LogP contribution in [0.15, 0.2) is 24.3 Å². The molecule has 7 heteroatoms. The Bertz CT molecular complexity index is 789. The molecule has 3 rings (SSSR count). The molecule has 0 unspecified atom stereocenters. The zero-order valence-electron chi connectivity index (χ0n) is 14.2. The van der Waals surface area contributed by atoms with E-state index in [4.69, 9.17) is 23.2 Å². The van der Waals surface area contributed by atoms with Gasteiger partial charge in [-0.25, -0.2) is 9.97 Å². The summed E-state index contributed by atoms with van der Waals surface area (Å²) >= 11 is 12.1. The first-order chi connectivity index (χ1) is 11.9. The van der Waals surface area contributed by atoms with E-state index >= 15 is 0 Å². The number of aryl methyl sites for hydroxylation is 1. The quantitative estimate of drug-likeness (QED) is 0.839. The number of aromatic nitrogens is 2. The molecule has 1 aromatic carbocycles. The maximum Gasteiger partial charge on any atom is 0.272 e. The number of nitrogens with zero attached hydrogens (tertiary/aromatic N) is 3. The molecule has 25 heavy (non-hydrogen) atoms. The van der Waals surface area contributed by atoms with Gasteiger partial charge >= 0.3 is 0 Å². The van der Waals surface area contributed by atoms with Gasteiger partial charge in [0.1, 0.15) is 17.3 Å². The minimum absolute atomic E-state index is 0.0531. The molecule has 0 saturated carbocycles. The Balaban J connectivity index is 1.81. The highest BCUT2D eigenvalue weighted by Crippen LogP contribution is 2.28. The lowest BCUT2D eigenvalue weighted by atomic mass is 9.99. The van der Waals surface area contributed by atoms with Crippen molar-refractivity contribution in [2.45, 2.75) is 26.7 Å².